The molecule has 0 heterocycles. The first kappa shape index (κ1) is 15.4. The fourth-order valence-electron chi connectivity index (χ4n) is 1.90. The third kappa shape index (κ3) is 5.12. The van der Waals surface area contributed by atoms with E-state index in [-0.39, 0.29) is 18.4 Å². The highest BCUT2D eigenvalue weighted by Crippen LogP contribution is 2.15. The molecule has 2 aromatic rings. The van der Waals surface area contributed by atoms with Gasteiger partial charge in [0, 0.05) is 11.6 Å². The molecule has 1 amide bonds. The maximum Gasteiger partial charge on any atom is 0.257 e. The number of ether oxygens (including phenoxy) is 1. The molecule has 21 heavy (non-hydrogen) atoms. The maximum absolute atomic E-state index is 11.8. The van der Waals surface area contributed by atoms with E-state index >= 15 is 0 Å². The van der Waals surface area contributed by atoms with Gasteiger partial charge in [-0.1, -0.05) is 48.9 Å². The van der Waals surface area contributed by atoms with Gasteiger partial charge in [-0.15, -0.1) is 0 Å². The molecule has 2 aromatic carbocycles. The van der Waals surface area contributed by atoms with Gasteiger partial charge in [-0.25, -0.2) is 0 Å². The van der Waals surface area contributed by atoms with Crippen molar-refractivity contribution in [1.82, 2.24) is 5.32 Å². The first-order chi connectivity index (χ1) is 10.1. The van der Waals surface area contributed by atoms with E-state index in [2.05, 4.69) is 24.4 Å². The summed E-state index contributed by atoms with van der Waals surface area (Å²) in [6.07, 6.45) is 0. The zero-order valence-electron chi connectivity index (χ0n) is 11.9. The SMILES string of the molecule is C[C@H](CNC(=O)COc1ccc(Cl)cc1)c1ccccc1. The second kappa shape index (κ2) is 7.70. The van der Waals surface area contributed by atoms with Crippen LogP contribution in [-0.2, 0) is 4.79 Å². The van der Waals surface area contributed by atoms with Crippen LogP contribution in [0.15, 0.2) is 54.6 Å². The van der Waals surface area contributed by atoms with Crippen molar-refractivity contribution in [3.05, 3.63) is 65.2 Å². The van der Waals surface area contributed by atoms with Crippen LogP contribution in [0.4, 0.5) is 0 Å². The quantitative estimate of drug-likeness (QED) is 0.885. The van der Waals surface area contributed by atoms with Gasteiger partial charge in [0.25, 0.3) is 5.91 Å². The van der Waals surface area contributed by atoms with Crippen molar-refractivity contribution in [3.63, 3.8) is 0 Å². The average Bonchev–Trinajstić information content (AvgIpc) is 2.53. The summed E-state index contributed by atoms with van der Waals surface area (Å²) in [4.78, 5) is 11.8. The Morgan fingerprint density at radius 1 is 1.14 bits per heavy atom. The van der Waals surface area contributed by atoms with Gasteiger partial charge in [-0.05, 0) is 35.7 Å². The lowest BCUT2D eigenvalue weighted by molar-refractivity contribution is -0.123. The Hall–Kier alpha value is -2.00. The van der Waals surface area contributed by atoms with Gasteiger partial charge in [0.05, 0.1) is 0 Å². The van der Waals surface area contributed by atoms with Crippen LogP contribution in [0.25, 0.3) is 0 Å². The third-order valence-electron chi connectivity index (χ3n) is 3.16. The maximum atomic E-state index is 11.8. The number of halogens is 1. The summed E-state index contributed by atoms with van der Waals surface area (Å²) < 4.78 is 5.39. The molecule has 0 aliphatic rings. The Labute approximate surface area is 129 Å². The Balaban J connectivity index is 1.73. The van der Waals surface area contributed by atoms with Crippen molar-refractivity contribution >= 4 is 17.5 Å². The molecular formula is C17H18ClNO2. The minimum atomic E-state index is -0.132. The van der Waals surface area contributed by atoms with E-state index in [1.165, 1.54) is 5.56 Å². The Bertz CT molecular complexity index is 569. The van der Waals surface area contributed by atoms with Gasteiger partial charge in [-0.3, -0.25) is 4.79 Å². The van der Waals surface area contributed by atoms with E-state index < -0.39 is 0 Å². The van der Waals surface area contributed by atoms with Crippen LogP contribution in [0.5, 0.6) is 5.75 Å². The van der Waals surface area contributed by atoms with Crippen molar-refractivity contribution in [2.75, 3.05) is 13.2 Å². The lowest BCUT2D eigenvalue weighted by Gasteiger charge is -2.13. The van der Waals surface area contributed by atoms with Gasteiger partial charge in [-0.2, -0.15) is 0 Å². The number of amides is 1. The molecule has 4 heteroatoms. The standard InChI is InChI=1S/C17H18ClNO2/c1-13(14-5-3-2-4-6-14)11-19-17(20)12-21-16-9-7-15(18)8-10-16/h2-10,13H,11-12H2,1H3,(H,19,20)/t13-/m1/s1. The predicted octanol–water partition coefficient (Wildman–Crippen LogP) is 3.64. The summed E-state index contributed by atoms with van der Waals surface area (Å²) in [6.45, 7) is 2.67. The summed E-state index contributed by atoms with van der Waals surface area (Å²) in [6, 6.07) is 17.0. The third-order valence-corrected chi connectivity index (χ3v) is 3.41. The topological polar surface area (TPSA) is 38.3 Å². The van der Waals surface area contributed by atoms with Crippen molar-refractivity contribution in [1.29, 1.82) is 0 Å². The molecule has 0 aromatic heterocycles. The molecule has 0 unspecified atom stereocenters. The lowest BCUT2D eigenvalue weighted by Crippen LogP contribution is -2.31. The Morgan fingerprint density at radius 3 is 2.48 bits per heavy atom. The van der Waals surface area contributed by atoms with Crippen LogP contribution in [0.2, 0.25) is 5.02 Å². The fraction of sp³-hybridized carbons (Fsp3) is 0.235. The van der Waals surface area contributed by atoms with E-state index in [0.717, 1.165) is 0 Å². The van der Waals surface area contributed by atoms with Crippen molar-refractivity contribution in [2.45, 2.75) is 12.8 Å². The van der Waals surface area contributed by atoms with Gasteiger partial charge < -0.3 is 10.1 Å². The second-order valence-corrected chi connectivity index (χ2v) is 5.29. The number of carbonyl (C=O) groups is 1. The van der Waals surface area contributed by atoms with Gasteiger partial charge in [0.2, 0.25) is 0 Å². The second-order valence-electron chi connectivity index (χ2n) is 4.86. The molecule has 0 saturated heterocycles. The lowest BCUT2D eigenvalue weighted by atomic mass is 10.0. The largest absolute Gasteiger partial charge is 0.484 e. The van der Waals surface area contributed by atoms with E-state index in [4.69, 9.17) is 16.3 Å². The van der Waals surface area contributed by atoms with Crippen LogP contribution < -0.4 is 10.1 Å². The van der Waals surface area contributed by atoms with E-state index in [1.54, 1.807) is 24.3 Å². The number of benzene rings is 2. The molecule has 0 fully saturated rings. The molecule has 2 rings (SSSR count). The smallest absolute Gasteiger partial charge is 0.257 e. The van der Waals surface area contributed by atoms with Crippen LogP contribution in [0.3, 0.4) is 0 Å². The highest BCUT2D eigenvalue weighted by molar-refractivity contribution is 6.30. The monoisotopic (exact) mass is 303 g/mol. The van der Waals surface area contributed by atoms with Gasteiger partial charge in [0.15, 0.2) is 6.61 Å². The number of hydrogen-bond donors (Lipinski definition) is 1. The number of carbonyl (C=O) groups excluding carboxylic acids is 1. The predicted molar refractivity (Wildman–Crippen MR) is 84.8 cm³/mol. The Kier molecular flexibility index (Phi) is 5.64. The summed E-state index contributed by atoms with van der Waals surface area (Å²) in [5.74, 6) is 0.768. The number of hydrogen-bond acceptors (Lipinski definition) is 2. The van der Waals surface area contributed by atoms with Crippen LogP contribution in [0.1, 0.15) is 18.4 Å². The number of rotatable bonds is 6. The van der Waals surface area contributed by atoms with Crippen LogP contribution in [-0.4, -0.2) is 19.1 Å². The number of nitrogens with one attached hydrogen (secondary N) is 1. The zero-order chi connectivity index (χ0) is 15.1. The van der Waals surface area contributed by atoms with E-state index in [0.29, 0.717) is 17.3 Å². The normalized spacial score (nSPS) is 11.7. The summed E-state index contributed by atoms with van der Waals surface area (Å²) >= 11 is 5.78. The molecule has 0 aliphatic carbocycles. The molecular weight excluding hydrogens is 286 g/mol. The zero-order valence-corrected chi connectivity index (χ0v) is 12.6. The van der Waals surface area contributed by atoms with Crippen LogP contribution >= 0.6 is 11.6 Å². The molecule has 1 N–H and O–H groups in total. The summed E-state index contributed by atoms with van der Waals surface area (Å²) in [5, 5.41) is 3.51. The highest BCUT2D eigenvalue weighted by Gasteiger charge is 2.08. The molecule has 0 bridgehead atoms. The minimum absolute atomic E-state index is 0.00312. The summed E-state index contributed by atoms with van der Waals surface area (Å²) in [7, 11) is 0. The van der Waals surface area contributed by atoms with Crippen molar-refractivity contribution in [3.8, 4) is 5.75 Å². The average molecular weight is 304 g/mol. The van der Waals surface area contributed by atoms with Gasteiger partial charge in [0.1, 0.15) is 5.75 Å². The first-order valence-electron chi connectivity index (χ1n) is 6.85. The fourth-order valence-corrected chi connectivity index (χ4v) is 2.02. The molecule has 0 radical (unpaired) electrons. The molecule has 0 aliphatic heterocycles. The molecule has 1 atom stereocenters. The molecule has 3 nitrogen and oxygen atoms in total. The van der Waals surface area contributed by atoms with Crippen molar-refractivity contribution < 1.29 is 9.53 Å². The minimum Gasteiger partial charge on any atom is -0.484 e. The molecule has 0 spiro atoms. The first-order valence-corrected chi connectivity index (χ1v) is 7.23. The van der Waals surface area contributed by atoms with Crippen LogP contribution in [0, 0.1) is 0 Å². The van der Waals surface area contributed by atoms with E-state index in [1.807, 2.05) is 18.2 Å². The summed E-state index contributed by atoms with van der Waals surface area (Å²) in [5.41, 5.74) is 1.21. The Morgan fingerprint density at radius 2 is 1.81 bits per heavy atom. The van der Waals surface area contributed by atoms with Crippen molar-refractivity contribution in [2.24, 2.45) is 0 Å². The molecule has 110 valence electrons. The highest BCUT2D eigenvalue weighted by atomic mass is 35.5. The molecule has 0 saturated carbocycles. The van der Waals surface area contributed by atoms with Gasteiger partial charge >= 0.3 is 0 Å². The van der Waals surface area contributed by atoms with E-state index in [9.17, 15) is 4.79 Å².